The quantitative estimate of drug-likeness (QED) is 0.0999. The maximum absolute atomic E-state index is 11.3. The molecule has 42 heavy (non-hydrogen) atoms. The van der Waals surface area contributed by atoms with Gasteiger partial charge in [-0.25, -0.2) is 8.42 Å². The van der Waals surface area contributed by atoms with Gasteiger partial charge in [-0.2, -0.15) is 4.57 Å². The predicted molar refractivity (Wildman–Crippen MR) is 172 cm³/mol. The van der Waals surface area contributed by atoms with E-state index in [1.54, 1.807) is 11.3 Å². The van der Waals surface area contributed by atoms with Crippen molar-refractivity contribution in [2.24, 2.45) is 0 Å². The van der Waals surface area contributed by atoms with Crippen molar-refractivity contribution < 1.29 is 22.3 Å². The van der Waals surface area contributed by atoms with Gasteiger partial charge < -0.3 is 14.2 Å². The lowest BCUT2D eigenvalue weighted by molar-refractivity contribution is -0.664. The van der Waals surface area contributed by atoms with Crippen LogP contribution in [0.2, 0.25) is 0 Å². The van der Waals surface area contributed by atoms with Gasteiger partial charge in [0.1, 0.15) is 11.2 Å². The van der Waals surface area contributed by atoms with Gasteiger partial charge in [0.15, 0.2) is 5.75 Å². The molecule has 0 amide bonds. The van der Waals surface area contributed by atoms with Gasteiger partial charge in [-0.05, 0) is 60.4 Å². The number of nitrogens with zero attached hydrogens (tertiary/aromatic N) is 2. The molecule has 4 aromatic carbocycles. The average molecular weight is 597 g/mol. The molecule has 0 bridgehead atoms. The third-order valence-electron chi connectivity index (χ3n) is 7.61. The molecule has 0 saturated heterocycles. The van der Waals surface area contributed by atoms with E-state index in [2.05, 4.69) is 73.0 Å². The van der Waals surface area contributed by atoms with Crippen LogP contribution in [0.25, 0.3) is 37.8 Å². The van der Waals surface area contributed by atoms with Gasteiger partial charge in [-0.1, -0.05) is 85.0 Å². The molecule has 0 atom stereocenters. The Hall–Kier alpha value is -3.98. The van der Waals surface area contributed by atoms with Crippen LogP contribution in [0, 0.1) is 0 Å². The van der Waals surface area contributed by atoms with Gasteiger partial charge in [-0.3, -0.25) is 0 Å². The fourth-order valence-electron chi connectivity index (χ4n) is 5.58. The van der Waals surface area contributed by atoms with E-state index in [0.717, 1.165) is 35.0 Å². The summed E-state index contributed by atoms with van der Waals surface area (Å²) < 4.78 is 43.9. The van der Waals surface area contributed by atoms with E-state index in [1.807, 2.05) is 47.4 Å². The number of rotatable bonds is 9. The van der Waals surface area contributed by atoms with Crippen molar-refractivity contribution in [1.29, 1.82) is 0 Å². The van der Waals surface area contributed by atoms with E-state index >= 15 is 0 Å². The summed E-state index contributed by atoms with van der Waals surface area (Å²) in [5.41, 5.74) is 3.29. The van der Waals surface area contributed by atoms with Crippen molar-refractivity contribution in [3.05, 3.63) is 107 Å². The van der Waals surface area contributed by atoms with Crippen LogP contribution in [0.1, 0.15) is 31.7 Å². The SMILES string of the molecule is CCC(C=Cc1sc2ccc3ccccc3c2[n+]1CC)=CC=C1Oc2ccc3ccccc3c2N1CCCS(=O)(=O)[O-]. The number of aryl methyl sites for hydroxylation is 1. The molecule has 8 heteroatoms. The maximum atomic E-state index is 11.3. The Balaban J connectivity index is 1.34. The normalized spacial score (nSPS) is 15.0. The standard InChI is InChI=1S/C34H32N2O4S2/c1-3-24(15-21-32-35(4-2)34-28-13-8-6-11-26(28)17-19-30(34)41-32)14-20-31-36(22-9-23-42(37,38)39)33-27-12-7-5-10-25(27)16-18-29(33)40-31/h5-8,10-21H,3-4,9,22-23H2,1-2H3. The van der Waals surface area contributed by atoms with Gasteiger partial charge in [0.05, 0.1) is 21.2 Å². The summed E-state index contributed by atoms with van der Waals surface area (Å²) in [6.45, 7) is 5.52. The highest BCUT2D eigenvalue weighted by molar-refractivity contribution is 7.85. The molecule has 2 heterocycles. The van der Waals surface area contributed by atoms with Crippen molar-refractivity contribution in [3.8, 4) is 5.75 Å². The van der Waals surface area contributed by atoms with Gasteiger partial charge in [-0.15, -0.1) is 0 Å². The monoisotopic (exact) mass is 596 g/mol. The predicted octanol–water partition coefficient (Wildman–Crippen LogP) is 7.54. The van der Waals surface area contributed by atoms with Gasteiger partial charge in [0, 0.05) is 23.8 Å². The molecule has 0 aliphatic carbocycles. The molecule has 0 N–H and O–H groups in total. The van der Waals surface area contributed by atoms with E-state index < -0.39 is 15.9 Å². The minimum atomic E-state index is -4.30. The number of thiazole rings is 1. The maximum Gasteiger partial charge on any atom is 0.262 e. The fraction of sp³-hybridized carbons (Fsp3) is 0.206. The van der Waals surface area contributed by atoms with Crippen molar-refractivity contribution in [2.75, 3.05) is 17.2 Å². The van der Waals surface area contributed by atoms with Crippen molar-refractivity contribution in [3.63, 3.8) is 0 Å². The number of ether oxygens (including phenoxy) is 1. The summed E-state index contributed by atoms with van der Waals surface area (Å²) in [6, 6.07) is 24.9. The summed E-state index contributed by atoms with van der Waals surface area (Å²) >= 11 is 1.79. The van der Waals surface area contributed by atoms with Crippen molar-refractivity contribution >= 4 is 65.0 Å². The van der Waals surface area contributed by atoms with Crippen molar-refractivity contribution in [1.82, 2.24) is 0 Å². The molecule has 6 rings (SSSR count). The van der Waals surface area contributed by atoms with E-state index in [9.17, 15) is 13.0 Å². The second-order valence-electron chi connectivity index (χ2n) is 10.3. The Kier molecular flexibility index (Phi) is 7.86. The number of anilines is 1. The zero-order valence-corrected chi connectivity index (χ0v) is 25.3. The number of hydrogen-bond acceptors (Lipinski definition) is 6. The van der Waals surface area contributed by atoms with Crippen LogP contribution < -0.4 is 14.2 Å². The first-order valence-electron chi connectivity index (χ1n) is 14.2. The summed E-state index contributed by atoms with van der Waals surface area (Å²) in [5.74, 6) is 0.909. The van der Waals surface area contributed by atoms with Gasteiger partial charge >= 0.3 is 0 Å². The molecule has 214 valence electrons. The number of hydrogen-bond donors (Lipinski definition) is 0. The molecule has 5 aromatic rings. The number of fused-ring (bicyclic) bond motifs is 6. The van der Waals surface area contributed by atoms with E-state index in [0.29, 0.717) is 18.2 Å². The van der Waals surface area contributed by atoms with Crippen LogP contribution in [0.4, 0.5) is 5.69 Å². The molecule has 1 aromatic heterocycles. The lowest BCUT2D eigenvalue weighted by Crippen LogP contribution is -2.33. The Morgan fingerprint density at radius 1 is 0.976 bits per heavy atom. The second-order valence-corrected chi connectivity index (χ2v) is 12.8. The summed E-state index contributed by atoms with van der Waals surface area (Å²) in [5, 5.41) is 5.77. The first-order valence-corrected chi connectivity index (χ1v) is 16.6. The molecule has 0 unspecified atom stereocenters. The minimum absolute atomic E-state index is 0.205. The molecular weight excluding hydrogens is 565 g/mol. The molecule has 1 aliphatic heterocycles. The van der Waals surface area contributed by atoms with Crippen molar-refractivity contribution in [2.45, 2.75) is 33.2 Å². The highest BCUT2D eigenvalue weighted by Crippen LogP contribution is 2.44. The Morgan fingerprint density at radius 3 is 2.43 bits per heavy atom. The molecule has 0 radical (unpaired) electrons. The lowest BCUT2D eigenvalue weighted by Gasteiger charge is -2.20. The second kappa shape index (κ2) is 11.7. The fourth-order valence-corrected chi connectivity index (χ4v) is 7.21. The first-order chi connectivity index (χ1) is 20.4. The molecular formula is C34H32N2O4S2. The van der Waals surface area contributed by atoms with Crippen LogP contribution >= 0.6 is 11.3 Å². The Labute approximate surface area is 250 Å². The molecule has 0 saturated carbocycles. The highest BCUT2D eigenvalue weighted by Gasteiger charge is 2.28. The van der Waals surface area contributed by atoms with Crippen LogP contribution in [-0.4, -0.2) is 25.3 Å². The van der Waals surface area contributed by atoms with E-state index in [1.165, 1.54) is 26.0 Å². The lowest BCUT2D eigenvalue weighted by atomic mass is 10.1. The molecule has 1 aliphatic rings. The first kappa shape index (κ1) is 28.2. The van der Waals surface area contributed by atoms with E-state index in [4.69, 9.17) is 4.74 Å². The Bertz CT molecular complexity index is 2000. The minimum Gasteiger partial charge on any atom is -0.748 e. The van der Waals surface area contributed by atoms with Gasteiger partial charge in [0.25, 0.3) is 5.01 Å². The third-order valence-corrected chi connectivity index (χ3v) is 9.51. The summed E-state index contributed by atoms with van der Waals surface area (Å²) in [6.07, 6.45) is 9.36. The molecule has 6 nitrogen and oxygen atoms in total. The molecule has 0 spiro atoms. The van der Waals surface area contributed by atoms with Crippen LogP contribution in [0.5, 0.6) is 5.75 Å². The van der Waals surface area contributed by atoms with Gasteiger partial charge in [0.2, 0.25) is 11.4 Å². The zero-order chi connectivity index (χ0) is 29.3. The van der Waals surface area contributed by atoms with Crippen LogP contribution in [-0.2, 0) is 16.7 Å². The number of aromatic nitrogens is 1. The Morgan fingerprint density at radius 2 is 1.69 bits per heavy atom. The zero-order valence-electron chi connectivity index (χ0n) is 23.6. The highest BCUT2D eigenvalue weighted by atomic mass is 32.2. The third kappa shape index (κ3) is 5.57. The largest absolute Gasteiger partial charge is 0.748 e. The summed E-state index contributed by atoms with van der Waals surface area (Å²) in [7, 11) is -4.30. The average Bonchev–Trinajstić information content (AvgIpc) is 3.54. The summed E-state index contributed by atoms with van der Waals surface area (Å²) in [4.78, 5) is 1.98. The number of benzene rings is 4. The molecule has 0 fully saturated rings. The topological polar surface area (TPSA) is 73.5 Å². The smallest absolute Gasteiger partial charge is 0.262 e. The number of allylic oxidation sites excluding steroid dienone is 4. The van der Waals surface area contributed by atoms with E-state index in [-0.39, 0.29) is 6.42 Å². The van der Waals surface area contributed by atoms with Crippen LogP contribution in [0.15, 0.2) is 102 Å². The van der Waals surface area contributed by atoms with Crippen LogP contribution in [0.3, 0.4) is 0 Å².